The summed E-state index contributed by atoms with van der Waals surface area (Å²) in [4.78, 5) is 42.9. The molecule has 1 aliphatic rings. The minimum absolute atomic E-state index is 0.00872. The number of hydrogen-bond acceptors (Lipinski definition) is 4. The summed E-state index contributed by atoms with van der Waals surface area (Å²) in [5, 5.41) is 4.42. The molecular formula is C30H25ClN4O3S. The van der Waals surface area contributed by atoms with Crippen LogP contribution in [0.25, 0.3) is 17.0 Å². The number of carbonyl (C=O) groups is 3. The molecule has 0 bridgehead atoms. The first-order valence-corrected chi connectivity index (χ1v) is 13.3. The highest BCUT2D eigenvalue weighted by Gasteiger charge is 2.40. The van der Waals surface area contributed by atoms with Gasteiger partial charge in [-0.2, -0.15) is 0 Å². The maximum atomic E-state index is 13.7. The van der Waals surface area contributed by atoms with Crippen LogP contribution in [0.2, 0.25) is 5.02 Å². The largest absolute Gasteiger partial charge is 0.337 e. The number of rotatable bonds is 7. The smallest absolute Gasteiger partial charge is 0.270 e. The number of amides is 3. The van der Waals surface area contributed by atoms with Gasteiger partial charge in [-0.15, -0.1) is 0 Å². The topological polar surface area (TPSA) is 74.6 Å². The van der Waals surface area contributed by atoms with Gasteiger partial charge < -0.3 is 9.88 Å². The van der Waals surface area contributed by atoms with Crippen molar-refractivity contribution >= 4 is 75.0 Å². The van der Waals surface area contributed by atoms with Gasteiger partial charge in [0, 0.05) is 39.9 Å². The lowest BCUT2D eigenvalue weighted by molar-refractivity contribution is -0.128. The lowest BCUT2D eigenvalue weighted by Crippen LogP contribution is -2.56. The number of nitrogens with zero attached hydrogens (tertiary/aromatic N) is 3. The van der Waals surface area contributed by atoms with E-state index in [0.29, 0.717) is 34.9 Å². The Morgan fingerprint density at radius 2 is 1.64 bits per heavy atom. The summed E-state index contributed by atoms with van der Waals surface area (Å²) >= 11 is 11.5. The molecule has 4 aromatic rings. The molecule has 0 spiro atoms. The van der Waals surface area contributed by atoms with Crippen LogP contribution in [-0.4, -0.2) is 38.8 Å². The third kappa shape index (κ3) is 5.34. The molecule has 1 saturated heterocycles. The quantitative estimate of drug-likeness (QED) is 0.175. The molecule has 7 nitrogen and oxygen atoms in total. The van der Waals surface area contributed by atoms with E-state index in [-0.39, 0.29) is 23.1 Å². The van der Waals surface area contributed by atoms with E-state index in [0.717, 1.165) is 10.9 Å². The molecule has 0 atom stereocenters. The molecule has 2 heterocycles. The third-order valence-electron chi connectivity index (χ3n) is 6.35. The number of halogens is 1. The molecule has 39 heavy (non-hydrogen) atoms. The SMILES string of the molecule is CCCN1C(=O)/C(=C\c2cn(CC(=O)Nc3ccc(Cl)cc3)c3ccccc23)C(=O)N(c2ccccc2)C1=S. The van der Waals surface area contributed by atoms with Crippen molar-refractivity contribution in [2.24, 2.45) is 0 Å². The predicted octanol–water partition coefficient (Wildman–Crippen LogP) is 5.89. The summed E-state index contributed by atoms with van der Waals surface area (Å²) in [5.74, 6) is -1.14. The van der Waals surface area contributed by atoms with Crippen molar-refractivity contribution in [3.8, 4) is 0 Å². The van der Waals surface area contributed by atoms with Gasteiger partial charge in [-0.1, -0.05) is 54.9 Å². The predicted molar refractivity (Wildman–Crippen MR) is 159 cm³/mol. The number of fused-ring (bicyclic) bond motifs is 1. The molecule has 1 aliphatic heterocycles. The van der Waals surface area contributed by atoms with E-state index >= 15 is 0 Å². The first-order valence-electron chi connectivity index (χ1n) is 12.5. The Kier molecular flexibility index (Phi) is 7.58. The number of aromatic nitrogens is 1. The van der Waals surface area contributed by atoms with Gasteiger partial charge in [0.15, 0.2) is 5.11 Å². The summed E-state index contributed by atoms with van der Waals surface area (Å²) in [7, 11) is 0. The second kappa shape index (κ2) is 11.2. The zero-order valence-corrected chi connectivity index (χ0v) is 22.7. The number of benzene rings is 3. The molecule has 1 aromatic heterocycles. The highest BCUT2D eigenvalue weighted by molar-refractivity contribution is 7.80. The zero-order chi connectivity index (χ0) is 27.5. The molecule has 3 aromatic carbocycles. The fourth-order valence-electron chi connectivity index (χ4n) is 4.57. The molecule has 9 heteroatoms. The summed E-state index contributed by atoms with van der Waals surface area (Å²) in [6.07, 6.45) is 4.06. The standard InChI is InChI=1S/C30H25ClN4O3S/c1-2-16-34-28(37)25(29(38)35(30(34)39)23-8-4-3-5-9-23)17-20-18-33(26-11-7-6-10-24(20)26)19-27(36)32-22-14-12-21(31)13-15-22/h3-15,17-18H,2,16,19H2,1H3,(H,32,36)/b25-17+. The van der Waals surface area contributed by atoms with Crippen LogP contribution in [0.4, 0.5) is 11.4 Å². The molecule has 1 fully saturated rings. The highest BCUT2D eigenvalue weighted by atomic mass is 35.5. The Balaban J connectivity index is 1.52. The number of para-hydroxylation sites is 2. The van der Waals surface area contributed by atoms with Gasteiger partial charge in [-0.3, -0.25) is 24.2 Å². The van der Waals surface area contributed by atoms with Crippen molar-refractivity contribution in [2.75, 3.05) is 16.8 Å². The molecule has 196 valence electrons. The average molecular weight is 557 g/mol. The van der Waals surface area contributed by atoms with Crippen LogP contribution in [0, 0.1) is 0 Å². The Hall–Kier alpha value is -4.27. The molecule has 5 rings (SSSR count). The third-order valence-corrected chi connectivity index (χ3v) is 7.01. The summed E-state index contributed by atoms with van der Waals surface area (Å²) in [6, 6.07) is 23.5. The van der Waals surface area contributed by atoms with E-state index in [1.807, 2.05) is 49.4 Å². The van der Waals surface area contributed by atoms with Gasteiger partial charge in [0.25, 0.3) is 11.8 Å². The molecule has 0 aliphatic carbocycles. The fourth-order valence-corrected chi connectivity index (χ4v) is 5.05. The van der Waals surface area contributed by atoms with Crippen molar-refractivity contribution in [2.45, 2.75) is 19.9 Å². The molecule has 0 unspecified atom stereocenters. The molecule has 3 amide bonds. The first kappa shape index (κ1) is 26.3. The van der Waals surface area contributed by atoms with Crippen molar-refractivity contribution in [3.63, 3.8) is 0 Å². The van der Waals surface area contributed by atoms with Gasteiger partial charge in [-0.25, -0.2) is 0 Å². The summed E-state index contributed by atoms with van der Waals surface area (Å²) in [6.45, 7) is 2.37. The minimum Gasteiger partial charge on any atom is -0.337 e. The van der Waals surface area contributed by atoms with Crippen molar-refractivity contribution < 1.29 is 14.4 Å². The van der Waals surface area contributed by atoms with Crippen molar-refractivity contribution in [1.29, 1.82) is 0 Å². The molecule has 0 radical (unpaired) electrons. The number of carbonyl (C=O) groups excluding carboxylic acids is 3. The van der Waals surface area contributed by atoms with E-state index in [4.69, 9.17) is 23.8 Å². The van der Waals surface area contributed by atoms with Crippen molar-refractivity contribution in [3.05, 3.63) is 101 Å². The summed E-state index contributed by atoms with van der Waals surface area (Å²) in [5.41, 5.74) is 2.68. The number of thiocarbonyl (C=S) groups is 1. The number of anilines is 2. The maximum absolute atomic E-state index is 13.7. The van der Waals surface area contributed by atoms with Crippen molar-refractivity contribution in [1.82, 2.24) is 9.47 Å². The second-order valence-electron chi connectivity index (χ2n) is 9.06. The van der Waals surface area contributed by atoms with E-state index in [9.17, 15) is 14.4 Å². The van der Waals surface area contributed by atoms with Gasteiger partial charge >= 0.3 is 0 Å². The van der Waals surface area contributed by atoms with E-state index in [1.54, 1.807) is 53.2 Å². The van der Waals surface area contributed by atoms with Crippen LogP contribution in [0.3, 0.4) is 0 Å². The Morgan fingerprint density at radius 3 is 2.36 bits per heavy atom. The van der Waals surface area contributed by atoms with Crippen LogP contribution in [0.5, 0.6) is 0 Å². The monoisotopic (exact) mass is 556 g/mol. The van der Waals surface area contributed by atoms with Crippen LogP contribution < -0.4 is 10.2 Å². The second-order valence-corrected chi connectivity index (χ2v) is 9.86. The Bertz CT molecular complexity index is 1610. The van der Waals surface area contributed by atoms with Crippen LogP contribution in [0.1, 0.15) is 18.9 Å². The van der Waals surface area contributed by atoms with Gasteiger partial charge in [0.05, 0.1) is 5.69 Å². The minimum atomic E-state index is -0.485. The maximum Gasteiger partial charge on any atom is 0.270 e. The number of nitrogens with one attached hydrogen (secondary N) is 1. The molecule has 1 N–H and O–H groups in total. The van der Waals surface area contributed by atoms with Crippen LogP contribution >= 0.6 is 23.8 Å². The molecular weight excluding hydrogens is 532 g/mol. The summed E-state index contributed by atoms with van der Waals surface area (Å²) < 4.78 is 1.80. The number of hydrogen-bond donors (Lipinski definition) is 1. The van der Waals surface area contributed by atoms with Gasteiger partial charge in [-0.05, 0) is 67.2 Å². The Morgan fingerprint density at radius 1 is 0.949 bits per heavy atom. The first-order chi connectivity index (χ1) is 18.9. The van der Waals surface area contributed by atoms with E-state index in [2.05, 4.69) is 5.32 Å². The fraction of sp³-hybridized carbons (Fsp3) is 0.133. The van der Waals surface area contributed by atoms with E-state index < -0.39 is 11.8 Å². The van der Waals surface area contributed by atoms with Gasteiger partial charge in [0.2, 0.25) is 5.91 Å². The lowest BCUT2D eigenvalue weighted by Gasteiger charge is -2.36. The molecule has 0 saturated carbocycles. The van der Waals surface area contributed by atoms with Gasteiger partial charge in [0.1, 0.15) is 12.1 Å². The van der Waals surface area contributed by atoms with Crippen LogP contribution in [-0.2, 0) is 20.9 Å². The van der Waals surface area contributed by atoms with E-state index in [1.165, 1.54) is 9.80 Å². The highest BCUT2D eigenvalue weighted by Crippen LogP contribution is 2.29. The average Bonchev–Trinajstić information content (AvgIpc) is 3.28. The zero-order valence-electron chi connectivity index (χ0n) is 21.1. The normalized spacial score (nSPS) is 14.9. The lowest BCUT2D eigenvalue weighted by atomic mass is 10.0. The Labute approximate surface area is 236 Å². The van der Waals surface area contributed by atoms with Crippen LogP contribution in [0.15, 0.2) is 90.6 Å².